The number of aromatic nitrogens is 4. The number of ether oxygens (including phenoxy) is 2. The molecule has 3 aromatic rings. The fourth-order valence-corrected chi connectivity index (χ4v) is 3.60. The van der Waals surface area contributed by atoms with Crippen molar-refractivity contribution in [1.29, 1.82) is 5.41 Å². The molecule has 2 atom stereocenters. The number of halogens is 7. The third-order valence-corrected chi connectivity index (χ3v) is 5.58. The van der Waals surface area contributed by atoms with E-state index in [4.69, 9.17) is 21.7 Å². The van der Waals surface area contributed by atoms with E-state index in [0.717, 1.165) is 29.9 Å². The molecular weight excluding hydrogens is 616 g/mol. The minimum absolute atomic E-state index is 0.0128. The molecule has 0 fully saturated rings. The van der Waals surface area contributed by atoms with Gasteiger partial charge in [-0.2, -0.15) is 17.9 Å². The topological polar surface area (TPSA) is 156 Å². The number of carbonyl (C=O) groups excluding carboxylic acids is 2. The summed E-state index contributed by atoms with van der Waals surface area (Å²) in [6.45, 7) is 0.391. The van der Waals surface area contributed by atoms with E-state index in [1.807, 2.05) is 0 Å². The average Bonchev–Trinajstić information content (AvgIpc) is 3.33. The molecule has 1 aromatic carbocycles. The molecule has 43 heavy (non-hydrogen) atoms. The molecular formula is C24H22ClF6N7O5. The van der Waals surface area contributed by atoms with E-state index in [-0.39, 0.29) is 22.2 Å². The molecule has 2 aromatic heterocycles. The number of rotatable bonds is 9. The molecule has 0 saturated carbocycles. The number of nitrogens with zero attached hydrogens (tertiary/aromatic N) is 5. The molecule has 2 heterocycles. The summed E-state index contributed by atoms with van der Waals surface area (Å²) in [5.41, 5.74) is -0.0128. The molecule has 0 bridgehead atoms. The largest absolute Gasteiger partial charge is 0.573 e. The normalized spacial score (nSPS) is 13.2. The zero-order valence-electron chi connectivity index (χ0n) is 22.1. The number of amidine groups is 1. The lowest BCUT2D eigenvalue weighted by atomic mass is 10.2. The van der Waals surface area contributed by atoms with Crippen LogP contribution in [0.4, 0.5) is 31.1 Å². The maximum atomic E-state index is 13.1. The van der Waals surface area contributed by atoms with Gasteiger partial charge in [-0.15, -0.1) is 18.3 Å². The molecule has 3 rings (SSSR count). The van der Waals surface area contributed by atoms with Gasteiger partial charge in [-0.3, -0.25) is 15.1 Å². The van der Waals surface area contributed by atoms with E-state index < -0.39 is 67.2 Å². The lowest BCUT2D eigenvalue weighted by Crippen LogP contribution is -2.50. The molecule has 0 radical (unpaired) electrons. The summed E-state index contributed by atoms with van der Waals surface area (Å²) in [5.74, 6) is -3.36. The van der Waals surface area contributed by atoms with E-state index in [1.54, 1.807) is 0 Å². The maximum absolute atomic E-state index is 13.1. The van der Waals surface area contributed by atoms with E-state index in [0.29, 0.717) is 4.90 Å². The molecule has 0 aliphatic heterocycles. The number of pyridine rings is 1. The van der Waals surface area contributed by atoms with Crippen molar-refractivity contribution in [1.82, 2.24) is 30.0 Å². The summed E-state index contributed by atoms with van der Waals surface area (Å²) in [7, 11) is 0. The number of aliphatic hydroxyl groups is 1. The van der Waals surface area contributed by atoms with Crippen molar-refractivity contribution in [3.05, 3.63) is 64.8 Å². The molecule has 0 unspecified atom stereocenters. The fourth-order valence-electron chi connectivity index (χ4n) is 3.48. The summed E-state index contributed by atoms with van der Waals surface area (Å²) in [6.07, 6.45) is -13.3. The van der Waals surface area contributed by atoms with E-state index in [2.05, 4.69) is 25.1 Å². The Balaban J connectivity index is 1.94. The Morgan fingerprint density at radius 1 is 1.16 bits per heavy atom. The van der Waals surface area contributed by atoms with Crippen LogP contribution in [0.5, 0.6) is 5.75 Å². The number of urea groups is 1. The van der Waals surface area contributed by atoms with Crippen LogP contribution in [0.1, 0.15) is 37.2 Å². The second-order valence-electron chi connectivity index (χ2n) is 8.60. The highest BCUT2D eigenvalue weighted by molar-refractivity contribution is 6.30. The molecule has 2 amide bonds. The second-order valence-corrected chi connectivity index (χ2v) is 9.04. The van der Waals surface area contributed by atoms with Crippen molar-refractivity contribution in [2.24, 2.45) is 0 Å². The number of nitrogens with one attached hydrogen (secondary N) is 2. The van der Waals surface area contributed by atoms with Crippen LogP contribution in [0.25, 0.3) is 5.82 Å². The first-order valence-corrected chi connectivity index (χ1v) is 12.3. The predicted octanol–water partition coefficient (Wildman–Crippen LogP) is 4.30. The van der Waals surface area contributed by atoms with Crippen molar-refractivity contribution < 1.29 is 50.5 Å². The number of esters is 1. The van der Waals surface area contributed by atoms with Crippen molar-refractivity contribution in [2.45, 2.75) is 45.1 Å². The van der Waals surface area contributed by atoms with Gasteiger partial charge >= 0.3 is 24.5 Å². The number of hydrogen-bond donors (Lipinski definition) is 3. The van der Waals surface area contributed by atoms with Gasteiger partial charge in [0.1, 0.15) is 5.84 Å². The Labute approximate surface area is 243 Å². The highest BCUT2D eigenvalue weighted by Crippen LogP contribution is 2.29. The van der Waals surface area contributed by atoms with Gasteiger partial charge in [0.2, 0.25) is 0 Å². The Kier molecular flexibility index (Phi) is 10.2. The van der Waals surface area contributed by atoms with Gasteiger partial charge in [-0.1, -0.05) is 11.6 Å². The molecule has 12 nitrogen and oxygen atoms in total. The molecule has 232 valence electrons. The number of hydrogen-bond acceptors (Lipinski definition) is 9. The van der Waals surface area contributed by atoms with Gasteiger partial charge in [0, 0.05) is 23.7 Å². The molecule has 0 aliphatic carbocycles. The van der Waals surface area contributed by atoms with Gasteiger partial charge < -0.3 is 19.9 Å². The number of benzene rings is 1. The minimum Gasteiger partial charge on any atom is -0.455 e. The van der Waals surface area contributed by atoms with Crippen LogP contribution < -0.4 is 10.1 Å². The molecule has 0 saturated heterocycles. The van der Waals surface area contributed by atoms with Gasteiger partial charge in [-0.05, 0) is 43.3 Å². The van der Waals surface area contributed by atoms with Gasteiger partial charge in [-0.25, -0.2) is 14.8 Å². The number of carbonyl (C=O) groups is 2. The third-order valence-electron chi connectivity index (χ3n) is 5.32. The van der Waals surface area contributed by atoms with Crippen LogP contribution in [0.2, 0.25) is 5.02 Å². The van der Waals surface area contributed by atoms with Crippen LogP contribution in [0.15, 0.2) is 42.6 Å². The molecule has 3 N–H and O–H groups in total. The lowest BCUT2D eigenvalue weighted by Gasteiger charge is -2.26. The Bertz CT molecular complexity index is 1470. The highest BCUT2D eigenvalue weighted by Gasteiger charge is 2.41. The number of amides is 2. The third kappa shape index (κ3) is 9.02. The lowest BCUT2D eigenvalue weighted by molar-refractivity contribution is -0.274. The highest BCUT2D eigenvalue weighted by atomic mass is 35.5. The monoisotopic (exact) mass is 637 g/mol. The number of aliphatic hydroxyl groups excluding tert-OH is 1. The fraction of sp³-hybridized carbons (Fsp3) is 0.333. The number of alkyl halides is 6. The van der Waals surface area contributed by atoms with Crippen molar-refractivity contribution in [3.8, 4) is 11.6 Å². The van der Waals surface area contributed by atoms with Crippen molar-refractivity contribution in [2.75, 3.05) is 6.54 Å². The predicted molar refractivity (Wildman–Crippen MR) is 135 cm³/mol. The van der Waals surface area contributed by atoms with Crippen LogP contribution >= 0.6 is 11.6 Å². The second kappa shape index (κ2) is 13.2. The summed E-state index contributed by atoms with van der Waals surface area (Å²) >= 11 is 5.81. The van der Waals surface area contributed by atoms with Gasteiger partial charge in [0.25, 0.3) is 0 Å². The minimum atomic E-state index is -5.13. The van der Waals surface area contributed by atoms with E-state index >= 15 is 0 Å². The SMILES string of the molecule is CC(=O)O[C@H](C)c1nc(CNC(=O)N(C[C@H](O)C(F)(F)F)C(=N)c2ccc(Cl)cc2)nn1-c1ncccc1OC(F)(F)F. The Morgan fingerprint density at radius 3 is 2.40 bits per heavy atom. The van der Waals surface area contributed by atoms with Crippen molar-refractivity contribution in [3.63, 3.8) is 0 Å². The summed E-state index contributed by atoms with van der Waals surface area (Å²) in [4.78, 5) is 32.8. The first-order valence-electron chi connectivity index (χ1n) is 11.9. The quantitative estimate of drug-likeness (QED) is 0.136. The van der Waals surface area contributed by atoms with Crippen molar-refractivity contribution >= 4 is 29.4 Å². The van der Waals surface area contributed by atoms with Crippen LogP contribution in [-0.4, -0.2) is 72.8 Å². The first kappa shape index (κ1) is 33.1. The maximum Gasteiger partial charge on any atom is 0.573 e. The standard InChI is InChI=1S/C24H22ClF6N7O5/c1-12(42-13(2)39)20-35-18(36-38(20)21-16(4-3-9-33-21)43-24(29,30)31)10-34-22(41)37(11-17(40)23(26,27)28)19(32)14-5-7-15(25)8-6-14/h3-9,12,17,32,40H,10-11H2,1-2H3,(H,34,41)/t12-,17+/m1/s1. The summed E-state index contributed by atoms with van der Waals surface area (Å²) in [6, 6.07) is 6.00. The zero-order chi connectivity index (χ0) is 32.1. The molecule has 19 heteroatoms. The zero-order valence-corrected chi connectivity index (χ0v) is 22.8. The Morgan fingerprint density at radius 2 is 1.81 bits per heavy atom. The van der Waals surface area contributed by atoms with Gasteiger partial charge in [0.15, 0.2) is 35.4 Å². The van der Waals surface area contributed by atoms with Crippen LogP contribution in [-0.2, 0) is 16.1 Å². The van der Waals surface area contributed by atoms with E-state index in [9.17, 15) is 41.0 Å². The Hall–Kier alpha value is -4.45. The summed E-state index contributed by atoms with van der Waals surface area (Å²) < 4.78 is 88.2. The molecule has 0 aliphatic rings. The summed E-state index contributed by atoms with van der Waals surface area (Å²) in [5, 5.41) is 24.4. The van der Waals surface area contributed by atoms with Crippen LogP contribution in [0.3, 0.4) is 0 Å². The van der Waals surface area contributed by atoms with Gasteiger partial charge in [0.05, 0.1) is 13.1 Å². The smallest absolute Gasteiger partial charge is 0.455 e. The van der Waals surface area contributed by atoms with E-state index in [1.165, 1.54) is 31.2 Å². The molecule has 0 spiro atoms. The average molecular weight is 638 g/mol. The van der Waals surface area contributed by atoms with Crippen LogP contribution in [0, 0.1) is 5.41 Å². The first-order chi connectivity index (χ1) is 20.0.